The molecule has 1 amide bonds. The van der Waals surface area contributed by atoms with Gasteiger partial charge in [-0.25, -0.2) is 8.42 Å². The second-order valence-corrected chi connectivity index (χ2v) is 8.32. The van der Waals surface area contributed by atoms with Gasteiger partial charge in [-0.15, -0.1) is 0 Å². The van der Waals surface area contributed by atoms with Crippen LogP contribution < -0.4 is 5.32 Å². The van der Waals surface area contributed by atoms with Gasteiger partial charge < -0.3 is 9.84 Å². The fourth-order valence-electron chi connectivity index (χ4n) is 2.97. The van der Waals surface area contributed by atoms with Crippen molar-refractivity contribution in [3.8, 4) is 0 Å². The molecule has 1 aromatic carbocycles. The summed E-state index contributed by atoms with van der Waals surface area (Å²) in [6.07, 6.45) is 0.752. The molecule has 11 nitrogen and oxygen atoms in total. The molecule has 12 heteroatoms. The molecular weight excluding hydrogens is 390 g/mol. The second kappa shape index (κ2) is 8.02. The molecule has 0 radical (unpaired) electrons. The van der Waals surface area contributed by atoms with E-state index in [1.165, 1.54) is 16.4 Å². The van der Waals surface area contributed by atoms with Gasteiger partial charge in [-0.3, -0.25) is 14.9 Å². The van der Waals surface area contributed by atoms with Gasteiger partial charge in [-0.1, -0.05) is 5.16 Å². The largest absolute Gasteiger partial charge is 0.347 e. The van der Waals surface area contributed by atoms with Crippen molar-refractivity contribution in [2.24, 2.45) is 5.92 Å². The maximum Gasteiger partial charge on any atom is 0.269 e. The molecule has 150 valence electrons. The molecular formula is C16H19N5O6S. The first-order chi connectivity index (χ1) is 13.3. The lowest BCUT2D eigenvalue weighted by Crippen LogP contribution is -2.42. The maximum absolute atomic E-state index is 12.7. The smallest absolute Gasteiger partial charge is 0.269 e. The number of nitro benzene ring substituents is 1. The van der Waals surface area contributed by atoms with Crippen LogP contribution >= 0.6 is 0 Å². The first-order valence-corrected chi connectivity index (χ1v) is 10.0. The van der Waals surface area contributed by atoms with E-state index >= 15 is 0 Å². The van der Waals surface area contributed by atoms with Gasteiger partial charge in [0.05, 0.1) is 16.4 Å². The highest BCUT2D eigenvalue weighted by molar-refractivity contribution is 7.89. The molecule has 1 N–H and O–H groups in total. The molecule has 0 unspecified atom stereocenters. The molecule has 2 heterocycles. The summed E-state index contributed by atoms with van der Waals surface area (Å²) >= 11 is 0. The van der Waals surface area contributed by atoms with E-state index in [0.717, 1.165) is 12.1 Å². The van der Waals surface area contributed by atoms with Crippen molar-refractivity contribution in [2.75, 3.05) is 13.1 Å². The van der Waals surface area contributed by atoms with E-state index in [1.54, 1.807) is 6.92 Å². The van der Waals surface area contributed by atoms with Gasteiger partial charge in [-0.2, -0.15) is 9.29 Å². The minimum Gasteiger partial charge on any atom is -0.347 e. The fraction of sp³-hybridized carbons (Fsp3) is 0.438. The van der Waals surface area contributed by atoms with Gasteiger partial charge in [0, 0.05) is 31.1 Å². The lowest BCUT2D eigenvalue weighted by molar-refractivity contribution is -0.384. The van der Waals surface area contributed by atoms with Gasteiger partial charge in [0.1, 0.15) is 0 Å². The Balaban J connectivity index is 1.56. The number of hydrogen-bond acceptors (Lipinski definition) is 8. The zero-order valence-electron chi connectivity index (χ0n) is 15.1. The highest BCUT2D eigenvalue weighted by atomic mass is 32.2. The van der Waals surface area contributed by atoms with Crippen molar-refractivity contribution in [3.05, 3.63) is 46.1 Å². The average molecular weight is 409 g/mol. The molecule has 3 rings (SSSR count). The summed E-state index contributed by atoms with van der Waals surface area (Å²) in [5, 5.41) is 17.1. The normalized spacial score (nSPS) is 16.0. The number of nitrogens with one attached hydrogen (secondary N) is 1. The van der Waals surface area contributed by atoms with Gasteiger partial charge in [0.2, 0.25) is 21.8 Å². The number of non-ortho nitro benzene ring substituents is 1. The van der Waals surface area contributed by atoms with Crippen LogP contribution in [0.3, 0.4) is 0 Å². The lowest BCUT2D eigenvalue weighted by atomic mass is 9.97. The van der Waals surface area contributed by atoms with Crippen molar-refractivity contribution < 1.29 is 22.7 Å². The maximum atomic E-state index is 12.7. The number of carbonyl (C=O) groups is 1. The molecule has 1 saturated heterocycles. The Bertz CT molecular complexity index is 964. The number of carbonyl (C=O) groups excluding carboxylic acids is 1. The SMILES string of the molecule is Cc1noc(CNC(=O)C2CCN(S(=O)(=O)c3ccc([N+](=O)[O-])cc3)CC2)n1. The Hall–Kier alpha value is -2.86. The van der Waals surface area contributed by atoms with E-state index in [0.29, 0.717) is 24.6 Å². The Morgan fingerprint density at radius 3 is 2.50 bits per heavy atom. The van der Waals surface area contributed by atoms with Gasteiger partial charge in [0.25, 0.3) is 5.69 Å². The number of amides is 1. The van der Waals surface area contributed by atoms with Gasteiger partial charge >= 0.3 is 0 Å². The summed E-state index contributed by atoms with van der Waals surface area (Å²) in [5.74, 6) is 0.286. The zero-order valence-corrected chi connectivity index (χ0v) is 15.9. The van der Waals surface area contributed by atoms with Crippen LogP contribution in [0.15, 0.2) is 33.7 Å². The second-order valence-electron chi connectivity index (χ2n) is 6.38. The number of sulfonamides is 1. The minimum atomic E-state index is -3.76. The van der Waals surface area contributed by atoms with Crippen LogP contribution in [0.2, 0.25) is 0 Å². The van der Waals surface area contributed by atoms with Crippen LogP contribution in [0, 0.1) is 23.0 Å². The van der Waals surface area contributed by atoms with E-state index in [2.05, 4.69) is 15.5 Å². The molecule has 2 aromatic rings. The highest BCUT2D eigenvalue weighted by Crippen LogP contribution is 2.25. The monoisotopic (exact) mass is 409 g/mol. The third-order valence-electron chi connectivity index (χ3n) is 4.49. The first-order valence-electron chi connectivity index (χ1n) is 8.59. The van der Waals surface area contributed by atoms with Gasteiger partial charge in [0.15, 0.2) is 5.82 Å². The van der Waals surface area contributed by atoms with Crippen LogP contribution in [-0.4, -0.2) is 46.8 Å². The molecule has 28 heavy (non-hydrogen) atoms. The van der Waals surface area contributed by atoms with Crippen molar-refractivity contribution in [2.45, 2.75) is 31.2 Å². The third-order valence-corrected chi connectivity index (χ3v) is 6.41. The van der Waals surface area contributed by atoms with E-state index < -0.39 is 14.9 Å². The summed E-state index contributed by atoms with van der Waals surface area (Å²) in [5.41, 5.74) is -0.175. The lowest BCUT2D eigenvalue weighted by Gasteiger charge is -2.30. The van der Waals surface area contributed by atoms with E-state index in [1.807, 2.05) is 0 Å². The summed E-state index contributed by atoms with van der Waals surface area (Å²) in [6, 6.07) is 4.76. The predicted molar refractivity (Wildman–Crippen MR) is 95.5 cm³/mol. The third kappa shape index (κ3) is 4.34. The summed E-state index contributed by atoms with van der Waals surface area (Å²) < 4.78 is 31.6. The standard InChI is InChI=1S/C16H19N5O6S/c1-11-18-15(27-19-11)10-17-16(22)12-6-8-20(9-7-12)28(25,26)14-4-2-13(3-5-14)21(23)24/h2-5,12H,6-10H2,1H3,(H,17,22). The topological polar surface area (TPSA) is 149 Å². The summed E-state index contributed by atoms with van der Waals surface area (Å²) in [7, 11) is -3.76. The number of nitro groups is 1. The van der Waals surface area contributed by atoms with Crippen LogP contribution in [0.25, 0.3) is 0 Å². The first kappa shape index (κ1) is 19.9. The molecule has 0 atom stereocenters. The molecule has 1 aromatic heterocycles. The molecule has 0 aliphatic carbocycles. The predicted octanol–water partition coefficient (Wildman–Crippen LogP) is 1.00. The van der Waals surface area contributed by atoms with E-state index in [4.69, 9.17) is 4.52 Å². The number of rotatable bonds is 6. The number of aromatic nitrogens is 2. The number of piperidine rings is 1. The summed E-state index contributed by atoms with van der Waals surface area (Å²) in [6.45, 7) is 2.19. The Morgan fingerprint density at radius 2 is 1.96 bits per heavy atom. The van der Waals surface area contributed by atoms with Crippen molar-refractivity contribution in [3.63, 3.8) is 0 Å². The average Bonchev–Trinajstić information content (AvgIpc) is 3.11. The quantitative estimate of drug-likeness (QED) is 0.549. The Kier molecular flexibility index (Phi) is 5.70. The molecule has 0 spiro atoms. The van der Waals surface area contributed by atoms with Crippen LogP contribution in [0.4, 0.5) is 5.69 Å². The highest BCUT2D eigenvalue weighted by Gasteiger charge is 2.32. The molecule has 0 saturated carbocycles. The molecule has 1 aliphatic rings. The van der Waals surface area contributed by atoms with Crippen molar-refractivity contribution in [1.82, 2.24) is 19.8 Å². The number of nitrogens with zero attached hydrogens (tertiary/aromatic N) is 4. The number of hydrogen-bond donors (Lipinski definition) is 1. The van der Waals surface area contributed by atoms with E-state index in [9.17, 15) is 23.3 Å². The fourth-order valence-corrected chi connectivity index (χ4v) is 4.44. The van der Waals surface area contributed by atoms with Crippen molar-refractivity contribution in [1.29, 1.82) is 0 Å². The van der Waals surface area contributed by atoms with Gasteiger partial charge in [-0.05, 0) is 31.9 Å². The van der Waals surface area contributed by atoms with Crippen LogP contribution in [0.5, 0.6) is 0 Å². The minimum absolute atomic E-state index is 0.00670. The molecule has 1 fully saturated rings. The Morgan fingerprint density at radius 1 is 1.32 bits per heavy atom. The number of benzene rings is 1. The Labute approximate surface area is 160 Å². The number of aryl methyl sites for hydroxylation is 1. The van der Waals surface area contributed by atoms with Crippen molar-refractivity contribution >= 4 is 21.6 Å². The van der Waals surface area contributed by atoms with E-state index in [-0.39, 0.29) is 42.0 Å². The zero-order chi connectivity index (χ0) is 20.3. The van der Waals surface area contributed by atoms with Crippen LogP contribution in [0.1, 0.15) is 24.6 Å². The summed E-state index contributed by atoms with van der Waals surface area (Å²) in [4.78, 5) is 26.4. The van der Waals surface area contributed by atoms with Crippen LogP contribution in [-0.2, 0) is 21.4 Å². The molecule has 1 aliphatic heterocycles. The molecule has 0 bridgehead atoms.